The number of nitrogens with zero attached hydrogens (tertiary/aromatic N) is 4. The molecule has 7 nitrogen and oxygen atoms in total. The highest BCUT2D eigenvalue weighted by atomic mass is 32.2. The molecule has 0 spiro atoms. The third-order valence-electron chi connectivity index (χ3n) is 6.38. The summed E-state index contributed by atoms with van der Waals surface area (Å²) in [4.78, 5) is 2.31. The fourth-order valence-electron chi connectivity index (χ4n) is 4.81. The van der Waals surface area contributed by atoms with Gasteiger partial charge >= 0.3 is 0 Å². The lowest BCUT2D eigenvalue weighted by atomic mass is 10.1. The van der Waals surface area contributed by atoms with Crippen LogP contribution in [-0.2, 0) is 21.3 Å². The first-order valence-electron chi connectivity index (χ1n) is 11.0. The Kier molecular flexibility index (Phi) is 5.31. The van der Waals surface area contributed by atoms with Gasteiger partial charge in [0.25, 0.3) is 0 Å². The second-order valence-electron chi connectivity index (χ2n) is 8.17. The molecule has 2 aromatic carbocycles. The Morgan fingerprint density at radius 3 is 2.38 bits per heavy atom. The molecule has 2 fully saturated rings. The molecule has 0 atom stereocenters. The minimum atomic E-state index is -3.22. The van der Waals surface area contributed by atoms with Gasteiger partial charge in [0.15, 0.2) is 0 Å². The molecule has 0 saturated carbocycles. The predicted octanol–water partition coefficient (Wildman–Crippen LogP) is 3.58. The molecular formula is C24H26N4O3S. The van der Waals surface area contributed by atoms with Crippen LogP contribution in [-0.4, -0.2) is 51.6 Å². The van der Waals surface area contributed by atoms with Gasteiger partial charge in [-0.3, -0.25) is 4.31 Å². The minimum Gasteiger partial charge on any atom is -0.378 e. The highest BCUT2D eigenvalue weighted by Crippen LogP contribution is 2.36. The van der Waals surface area contributed by atoms with Crippen LogP contribution in [0.4, 0.5) is 11.4 Å². The maximum Gasteiger partial charge on any atom is 0.235 e. The Morgan fingerprint density at radius 2 is 1.75 bits per heavy atom. The molecule has 2 aliphatic rings. The van der Waals surface area contributed by atoms with E-state index in [1.165, 1.54) is 4.31 Å². The molecule has 8 heteroatoms. The lowest BCUT2D eigenvalue weighted by molar-refractivity contribution is 0.122. The van der Waals surface area contributed by atoms with E-state index in [2.05, 4.69) is 34.6 Å². The van der Waals surface area contributed by atoms with Gasteiger partial charge in [0.2, 0.25) is 10.0 Å². The standard InChI is InChI=1S/C24H26N4O3S/c1-2-27-23-16-20(26-11-13-31-14-12-26)8-9-21(23)22(17-25)24(27)18-4-6-19(7-5-18)28-10-3-15-32(28,29)30/h4-9,16H,2-3,10-15H2,1H3. The zero-order valence-electron chi connectivity index (χ0n) is 18.1. The second-order valence-corrected chi connectivity index (χ2v) is 10.2. The Hall–Kier alpha value is -3.02. The highest BCUT2D eigenvalue weighted by Gasteiger charge is 2.28. The molecule has 2 aliphatic heterocycles. The van der Waals surface area contributed by atoms with Crippen molar-refractivity contribution in [2.45, 2.75) is 19.9 Å². The molecule has 2 saturated heterocycles. The van der Waals surface area contributed by atoms with Crippen LogP contribution < -0.4 is 9.21 Å². The Morgan fingerprint density at radius 1 is 1.03 bits per heavy atom. The lowest BCUT2D eigenvalue weighted by Crippen LogP contribution is -2.36. The number of aryl methyl sites for hydroxylation is 1. The molecular weight excluding hydrogens is 424 g/mol. The lowest BCUT2D eigenvalue weighted by Gasteiger charge is -2.29. The van der Waals surface area contributed by atoms with E-state index in [4.69, 9.17) is 4.74 Å². The summed E-state index contributed by atoms with van der Waals surface area (Å²) >= 11 is 0. The van der Waals surface area contributed by atoms with Crippen molar-refractivity contribution in [1.29, 1.82) is 5.26 Å². The summed E-state index contributed by atoms with van der Waals surface area (Å²) in [7, 11) is -3.22. The number of hydrogen-bond acceptors (Lipinski definition) is 5. The highest BCUT2D eigenvalue weighted by molar-refractivity contribution is 7.93. The van der Waals surface area contributed by atoms with Crippen LogP contribution >= 0.6 is 0 Å². The molecule has 0 unspecified atom stereocenters. The average Bonchev–Trinajstić information content (AvgIpc) is 3.35. The molecule has 32 heavy (non-hydrogen) atoms. The van der Waals surface area contributed by atoms with Gasteiger partial charge in [-0.25, -0.2) is 8.42 Å². The maximum atomic E-state index is 12.3. The Bertz CT molecular complexity index is 1300. The number of morpholine rings is 1. The van der Waals surface area contributed by atoms with Gasteiger partial charge in [0, 0.05) is 37.3 Å². The quantitative estimate of drug-likeness (QED) is 0.607. The number of benzene rings is 2. The van der Waals surface area contributed by atoms with Gasteiger partial charge in [-0.2, -0.15) is 5.26 Å². The van der Waals surface area contributed by atoms with Crippen molar-refractivity contribution in [2.75, 3.05) is 47.8 Å². The van der Waals surface area contributed by atoms with Crippen LogP contribution in [0.15, 0.2) is 42.5 Å². The number of anilines is 2. The number of nitriles is 1. The predicted molar refractivity (Wildman–Crippen MR) is 127 cm³/mol. The molecule has 0 aliphatic carbocycles. The van der Waals surface area contributed by atoms with Crippen LogP contribution in [0.2, 0.25) is 0 Å². The fraction of sp³-hybridized carbons (Fsp3) is 0.375. The van der Waals surface area contributed by atoms with E-state index in [0.717, 1.165) is 60.7 Å². The molecule has 0 radical (unpaired) electrons. The van der Waals surface area contributed by atoms with Gasteiger partial charge in [-0.15, -0.1) is 0 Å². The molecule has 0 N–H and O–H groups in total. The monoisotopic (exact) mass is 450 g/mol. The summed E-state index contributed by atoms with van der Waals surface area (Å²) < 4.78 is 33.7. The molecule has 5 rings (SSSR count). The first kappa shape index (κ1) is 20.9. The molecule has 3 heterocycles. The zero-order chi connectivity index (χ0) is 22.3. The smallest absolute Gasteiger partial charge is 0.235 e. The van der Waals surface area contributed by atoms with E-state index in [-0.39, 0.29) is 5.75 Å². The largest absolute Gasteiger partial charge is 0.378 e. The van der Waals surface area contributed by atoms with Crippen molar-refractivity contribution in [3.8, 4) is 17.3 Å². The molecule has 0 amide bonds. The van der Waals surface area contributed by atoms with Crippen molar-refractivity contribution in [3.63, 3.8) is 0 Å². The molecule has 1 aromatic heterocycles. The SMILES string of the molecule is CCn1c(-c2ccc(N3CCCS3(=O)=O)cc2)c(C#N)c2ccc(N3CCOCC3)cc21. The third-order valence-corrected chi connectivity index (χ3v) is 8.25. The Balaban J connectivity index is 1.59. The summed E-state index contributed by atoms with van der Waals surface area (Å²) in [5, 5.41) is 11.0. The number of ether oxygens (including phenoxy) is 1. The van der Waals surface area contributed by atoms with Gasteiger partial charge in [0.05, 0.1) is 41.4 Å². The average molecular weight is 451 g/mol. The van der Waals surface area contributed by atoms with Gasteiger partial charge in [-0.1, -0.05) is 12.1 Å². The second kappa shape index (κ2) is 8.15. The van der Waals surface area contributed by atoms with Gasteiger partial charge < -0.3 is 14.2 Å². The van der Waals surface area contributed by atoms with E-state index in [9.17, 15) is 13.7 Å². The number of aromatic nitrogens is 1. The van der Waals surface area contributed by atoms with Crippen LogP contribution in [0.25, 0.3) is 22.2 Å². The summed E-state index contributed by atoms with van der Waals surface area (Å²) in [6, 6.07) is 16.2. The van der Waals surface area contributed by atoms with Gasteiger partial charge in [0.1, 0.15) is 6.07 Å². The zero-order valence-corrected chi connectivity index (χ0v) is 18.9. The fourth-order valence-corrected chi connectivity index (χ4v) is 6.38. The van der Waals surface area contributed by atoms with Crippen LogP contribution in [0.1, 0.15) is 18.9 Å². The van der Waals surface area contributed by atoms with E-state index < -0.39 is 10.0 Å². The summed E-state index contributed by atoms with van der Waals surface area (Å²) in [5.74, 6) is 0.197. The maximum absolute atomic E-state index is 12.3. The summed E-state index contributed by atoms with van der Waals surface area (Å²) in [6.45, 7) is 6.49. The van der Waals surface area contributed by atoms with Crippen molar-refractivity contribution in [3.05, 3.63) is 48.0 Å². The van der Waals surface area contributed by atoms with Crippen molar-refractivity contribution >= 4 is 32.3 Å². The molecule has 3 aromatic rings. The topological polar surface area (TPSA) is 78.6 Å². The summed E-state index contributed by atoms with van der Waals surface area (Å²) in [6.07, 6.45) is 0.651. The number of fused-ring (bicyclic) bond motifs is 1. The van der Waals surface area contributed by atoms with Crippen molar-refractivity contribution in [2.24, 2.45) is 0 Å². The first-order valence-corrected chi connectivity index (χ1v) is 12.6. The van der Waals surface area contributed by atoms with E-state index in [1.807, 2.05) is 30.3 Å². The van der Waals surface area contributed by atoms with Crippen LogP contribution in [0, 0.1) is 11.3 Å². The van der Waals surface area contributed by atoms with Crippen molar-refractivity contribution in [1.82, 2.24) is 4.57 Å². The number of sulfonamides is 1. The Labute approximate surface area is 188 Å². The van der Waals surface area contributed by atoms with E-state index in [0.29, 0.717) is 24.2 Å². The number of rotatable bonds is 4. The van der Waals surface area contributed by atoms with Gasteiger partial charge in [-0.05, 0) is 49.2 Å². The van der Waals surface area contributed by atoms with E-state index >= 15 is 0 Å². The molecule has 166 valence electrons. The number of hydrogen-bond donors (Lipinski definition) is 0. The normalized spacial score (nSPS) is 18.2. The summed E-state index contributed by atoms with van der Waals surface area (Å²) in [5.41, 5.74) is 5.29. The van der Waals surface area contributed by atoms with Crippen LogP contribution in [0.3, 0.4) is 0 Å². The third kappa shape index (κ3) is 3.42. The van der Waals surface area contributed by atoms with E-state index in [1.54, 1.807) is 0 Å². The van der Waals surface area contributed by atoms with Crippen molar-refractivity contribution < 1.29 is 13.2 Å². The first-order chi connectivity index (χ1) is 15.5. The molecule has 0 bridgehead atoms. The minimum absolute atomic E-state index is 0.197. The van der Waals surface area contributed by atoms with Crippen LogP contribution in [0.5, 0.6) is 0 Å².